The van der Waals surface area contributed by atoms with Crippen LogP contribution in [0.3, 0.4) is 0 Å². The van der Waals surface area contributed by atoms with Crippen LogP contribution in [-0.2, 0) is 53.3 Å². The van der Waals surface area contributed by atoms with Crippen LogP contribution in [0.1, 0.15) is 89.5 Å². The molecule has 2 aliphatic rings. The molecule has 2 fully saturated rings. The molecule has 0 aliphatic carbocycles. The molecule has 2 saturated heterocycles. The van der Waals surface area contributed by atoms with Crippen molar-refractivity contribution in [3.63, 3.8) is 0 Å². The summed E-state index contributed by atoms with van der Waals surface area (Å²) in [5, 5.41) is 21.2. The maximum atomic E-state index is 14.0. The molecule has 0 aromatic heterocycles. The topological polar surface area (TPSA) is 149 Å². The third-order valence-corrected chi connectivity index (χ3v) is 14.2. The van der Waals surface area contributed by atoms with E-state index >= 15 is 0 Å². The number of hydrogen-bond donors (Lipinski definition) is 2. The van der Waals surface area contributed by atoms with E-state index in [4.69, 9.17) is 0 Å². The number of nitrogens with zero attached hydrogens (tertiary/aromatic N) is 2. The first-order valence-corrected chi connectivity index (χ1v) is 19.8. The molecule has 2 heterocycles. The molecule has 5 rings (SSSR count). The Labute approximate surface area is 296 Å². The number of sulfonamides is 2. The van der Waals surface area contributed by atoms with Crippen molar-refractivity contribution >= 4 is 32.0 Å². The molecule has 12 heteroatoms. The smallest absolute Gasteiger partial charge is 0.325 e. The van der Waals surface area contributed by atoms with E-state index in [1.807, 2.05) is 41.5 Å². The quantitative estimate of drug-likeness (QED) is 0.259. The Hall–Kier alpha value is -3.58. The van der Waals surface area contributed by atoms with Crippen LogP contribution in [0.4, 0.5) is 0 Å². The van der Waals surface area contributed by atoms with Crippen molar-refractivity contribution in [2.24, 2.45) is 0 Å². The zero-order chi connectivity index (χ0) is 36.9. The molecule has 0 amide bonds. The summed E-state index contributed by atoms with van der Waals surface area (Å²) >= 11 is 0. The highest BCUT2D eigenvalue weighted by Gasteiger charge is 2.55. The highest BCUT2D eigenvalue weighted by molar-refractivity contribution is 7.89. The van der Waals surface area contributed by atoms with E-state index in [1.165, 1.54) is 24.3 Å². The molecule has 10 nitrogen and oxygen atoms in total. The maximum absolute atomic E-state index is 14.0. The Morgan fingerprint density at radius 1 is 0.620 bits per heavy atom. The average molecular weight is 725 g/mol. The Bertz CT molecular complexity index is 1840. The fraction of sp³-hybridized carbons (Fsp3) is 0.474. The van der Waals surface area contributed by atoms with Crippen LogP contribution in [0.2, 0.25) is 0 Å². The number of carboxylic acids is 2. The van der Waals surface area contributed by atoms with Gasteiger partial charge in [-0.15, -0.1) is 0 Å². The number of benzene rings is 3. The third-order valence-electron chi connectivity index (χ3n) is 10.3. The fourth-order valence-corrected chi connectivity index (χ4v) is 11.0. The van der Waals surface area contributed by atoms with E-state index in [-0.39, 0.29) is 59.4 Å². The predicted octanol–water partition coefficient (Wildman–Crippen LogP) is 5.98. The molecule has 0 spiro atoms. The van der Waals surface area contributed by atoms with Gasteiger partial charge in [0.15, 0.2) is 0 Å². The van der Waals surface area contributed by atoms with Crippen molar-refractivity contribution in [3.05, 3.63) is 95.1 Å². The Balaban J connectivity index is 1.45. The number of carbonyl (C=O) groups is 2. The lowest BCUT2D eigenvalue weighted by Gasteiger charge is -2.35. The van der Waals surface area contributed by atoms with Gasteiger partial charge in [-0.05, 0) is 83.0 Å². The minimum atomic E-state index is -4.18. The van der Waals surface area contributed by atoms with Gasteiger partial charge in [0, 0.05) is 25.9 Å². The molecule has 2 N–H and O–H groups in total. The standard InChI is InChI=1S/C38H48N2O8S2/c1-35(2,3)29-12-16-31(17-13-29)49(45,46)39-22-8-20-37(39,33(41)42)25-27-10-7-11-28(24-27)26-38(34(43)44)21-9-23-40(38)50(47,48)32-18-14-30(15-19-32)36(4,5)6/h7,10-19,24H,8-9,20-23,25-26H2,1-6H3,(H,41,42)(H,43,44). The summed E-state index contributed by atoms with van der Waals surface area (Å²) in [5.41, 5.74) is -0.971. The van der Waals surface area contributed by atoms with Gasteiger partial charge in [0.05, 0.1) is 9.79 Å². The molecule has 2 atom stereocenters. The second-order valence-electron chi connectivity index (χ2n) is 15.8. The van der Waals surface area contributed by atoms with Crippen molar-refractivity contribution < 1.29 is 36.6 Å². The van der Waals surface area contributed by atoms with Gasteiger partial charge in [-0.2, -0.15) is 8.61 Å². The highest BCUT2D eigenvalue weighted by Crippen LogP contribution is 2.41. The molecule has 270 valence electrons. The fourth-order valence-electron chi connectivity index (χ4n) is 7.37. The van der Waals surface area contributed by atoms with Gasteiger partial charge >= 0.3 is 11.9 Å². The molecular weight excluding hydrogens is 677 g/mol. The van der Waals surface area contributed by atoms with E-state index in [9.17, 15) is 36.6 Å². The lowest BCUT2D eigenvalue weighted by molar-refractivity contribution is -0.147. The van der Waals surface area contributed by atoms with E-state index in [0.717, 1.165) is 19.7 Å². The van der Waals surface area contributed by atoms with Crippen LogP contribution in [0.5, 0.6) is 0 Å². The van der Waals surface area contributed by atoms with E-state index in [1.54, 1.807) is 48.5 Å². The van der Waals surface area contributed by atoms with Gasteiger partial charge in [0.1, 0.15) is 11.1 Å². The van der Waals surface area contributed by atoms with Crippen LogP contribution in [0.25, 0.3) is 0 Å². The molecule has 0 radical (unpaired) electrons. The molecule has 3 aromatic carbocycles. The summed E-state index contributed by atoms with van der Waals surface area (Å²) in [7, 11) is -8.37. The van der Waals surface area contributed by atoms with Gasteiger partial charge in [-0.1, -0.05) is 90.1 Å². The first kappa shape index (κ1) is 37.7. The highest BCUT2D eigenvalue weighted by atomic mass is 32.2. The maximum Gasteiger partial charge on any atom is 0.325 e. The number of hydrogen-bond acceptors (Lipinski definition) is 6. The van der Waals surface area contributed by atoms with Crippen LogP contribution in [0.15, 0.2) is 82.6 Å². The second kappa shape index (κ2) is 13.2. The number of carboxylic acid groups (broad SMARTS) is 2. The summed E-state index contributed by atoms with van der Waals surface area (Å²) in [6, 6.07) is 19.8. The Kier molecular flexibility index (Phi) is 9.94. The van der Waals surface area contributed by atoms with Crippen molar-refractivity contribution in [2.45, 2.75) is 112 Å². The lowest BCUT2D eigenvalue weighted by Crippen LogP contribution is -2.54. The van der Waals surface area contributed by atoms with Crippen molar-refractivity contribution in [3.8, 4) is 0 Å². The van der Waals surface area contributed by atoms with Crippen LogP contribution >= 0.6 is 0 Å². The normalized spacial score (nSPS) is 22.5. The zero-order valence-corrected chi connectivity index (χ0v) is 31.3. The average Bonchev–Trinajstić information content (AvgIpc) is 3.67. The summed E-state index contributed by atoms with van der Waals surface area (Å²) in [6.45, 7) is 12.2. The summed E-state index contributed by atoms with van der Waals surface area (Å²) in [5.74, 6) is -2.52. The first-order chi connectivity index (χ1) is 23.1. The summed E-state index contributed by atoms with van der Waals surface area (Å²) in [6.07, 6.45) is 0.638. The zero-order valence-electron chi connectivity index (χ0n) is 29.6. The predicted molar refractivity (Wildman–Crippen MR) is 191 cm³/mol. The molecule has 3 aromatic rings. The largest absolute Gasteiger partial charge is 0.480 e. The molecule has 0 saturated carbocycles. The van der Waals surface area contributed by atoms with Gasteiger partial charge in [-0.3, -0.25) is 9.59 Å². The Morgan fingerprint density at radius 3 is 1.26 bits per heavy atom. The van der Waals surface area contributed by atoms with E-state index < -0.39 is 43.1 Å². The second-order valence-corrected chi connectivity index (χ2v) is 19.5. The van der Waals surface area contributed by atoms with Crippen LogP contribution in [0, 0.1) is 0 Å². The Morgan fingerprint density at radius 2 is 0.960 bits per heavy atom. The van der Waals surface area contributed by atoms with Crippen LogP contribution < -0.4 is 0 Å². The van der Waals surface area contributed by atoms with Gasteiger partial charge in [0.2, 0.25) is 20.0 Å². The minimum Gasteiger partial charge on any atom is -0.480 e. The molecule has 50 heavy (non-hydrogen) atoms. The third kappa shape index (κ3) is 6.87. The number of aliphatic carboxylic acids is 2. The summed E-state index contributed by atoms with van der Waals surface area (Å²) in [4.78, 5) is 26.1. The lowest BCUT2D eigenvalue weighted by atomic mass is 9.86. The van der Waals surface area contributed by atoms with Gasteiger partial charge < -0.3 is 10.2 Å². The summed E-state index contributed by atoms with van der Waals surface area (Å²) < 4.78 is 58.1. The number of rotatable bonds is 10. The molecule has 0 bridgehead atoms. The van der Waals surface area contributed by atoms with E-state index in [0.29, 0.717) is 24.0 Å². The van der Waals surface area contributed by atoms with E-state index in [2.05, 4.69) is 0 Å². The van der Waals surface area contributed by atoms with Crippen molar-refractivity contribution in [1.29, 1.82) is 0 Å². The monoisotopic (exact) mass is 724 g/mol. The van der Waals surface area contributed by atoms with Crippen LogP contribution in [-0.4, -0.2) is 71.8 Å². The van der Waals surface area contributed by atoms with Gasteiger partial charge in [0.25, 0.3) is 0 Å². The SMILES string of the molecule is CC(C)(C)c1ccc(S(=O)(=O)N2CCCC2(Cc2cccc(CC3(C(=O)O)CCCN3S(=O)(=O)c3ccc(C(C)(C)C)cc3)c2)C(=O)O)cc1. The minimum absolute atomic E-state index is 0.0192. The van der Waals surface area contributed by atoms with Gasteiger partial charge in [-0.25, -0.2) is 16.8 Å². The molecule has 2 unspecified atom stereocenters. The van der Waals surface area contributed by atoms with Crippen molar-refractivity contribution in [1.82, 2.24) is 8.61 Å². The molecular formula is C38H48N2O8S2. The van der Waals surface area contributed by atoms with Crippen molar-refractivity contribution in [2.75, 3.05) is 13.1 Å². The first-order valence-electron chi connectivity index (χ1n) is 17.0. The molecule has 2 aliphatic heterocycles.